The molecule has 1 atom stereocenters. The van der Waals surface area contributed by atoms with Gasteiger partial charge in [0.1, 0.15) is 0 Å². The Morgan fingerprint density at radius 3 is 2.69 bits per heavy atom. The maximum Gasteiger partial charge on any atom is 0.162 e. The molecule has 0 amide bonds. The maximum atomic E-state index is 13.0. The molecular formula is C10H12F2O. The molecule has 0 saturated carbocycles. The van der Waals surface area contributed by atoms with Gasteiger partial charge in [-0.25, -0.2) is 8.78 Å². The lowest BCUT2D eigenvalue weighted by atomic mass is 10.0. The Morgan fingerprint density at radius 2 is 2.08 bits per heavy atom. The summed E-state index contributed by atoms with van der Waals surface area (Å²) >= 11 is 0. The lowest BCUT2D eigenvalue weighted by molar-refractivity contribution is 0.236. The summed E-state index contributed by atoms with van der Waals surface area (Å²) in [4.78, 5) is 0. The molecule has 0 aliphatic carbocycles. The number of halogens is 2. The van der Waals surface area contributed by atoms with Crippen LogP contribution in [0.15, 0.2) is 18.2 Å². The van der Waals surface area contributed by atoms with E-state index in [0.717, 1.165) is 6.07 Å². The molecule has 1 aromatic carbocycles. The smallest absolute Gasteiger partial charge is 0.162 e. The first-order valence-electron chi connectivity index (χ1n) is 4.19. The van der Waals surface area contributed by atoms with Crippen LogP contribution in [0.4, 0.5) is 8.78 Å². The molecule has 13 heavy (non-hydrogen) atoms. The van der Waals surface area contributed by atoms with E-state index < -0.39 is 11.6 Å². The van der Waals surface area contributed by atoms with Crippen LogP contribution in [0.3, 0.4) is 0 Å². The number of hydrogen-bond acceptors (Lipinski definition) is 1. The fraction of sp³-hybridized carbons (Fsp3) is 0.400. The number of aliphatic hydroxyl groups is 1. The van der Waals surface area contributed by atoms with E-state index >= 15 is 0 Å². The highest BCUT2D eigenvalue weighted by Gasteiger charge is 2.10. The van der Waals surface area contributed by atoms with Gasteiger partial charge in [0.2, 0.25) is 0 Å². The van der Waals surface area contributed by atoms with Crippen LogP contribution in [0.1, 0.15) is 12.5 Å². The molecule has 0 saturated heterocycles. The molecule has 0 aromatic heterocycles. The van der Waals surface area contributed by atoms with Crippen LogP contribution >= 0.6 is 0 Å². The number of hydrogen-bond donors (Lipinski definition) is 1. The molecule has 1 rings (SSSR count). The fourth-order valence-electron chi connectivity index (χ4n) is 1.15. The predicted octanol–water partition coefficient (Wildman–Crippen LogP) is 2.14. The molecule has 0 heterocycles. The van der Waals surface area contributed by atoms with Gasteiger partial charge in [-0.3, -0.25) is 0 Å². The first kappa shape index (κ1) is 10.1. The Bertz CT molecular complexity index is 286. The Hall–Kier alpha value is -0.960. The van der Waals surface area contributed by atoms with E-state index in [1.165, 1.54) is 12.1 Å². The summed E-state index contributed by atoms with van der Waals surface area (Å²) in [5, 5.41) is 8.74. The second-order valence-electron chi connectivity index (χ2n) is 3.20. The normalized spacial score (nSPS) is 12.9. The van der Waals surface area contributed by atoms with Gasteiger partial charge >= 0.3 is 0 Å². The molecule has 0 bridgehead atoms. The van der Waals surface area contributed by atoms with Crippen molar-refractivity contribution in [2.24, 2.45) is 5.92 Å². The molecule has 1 N–H and O–H groups in total. The topological polar surface area (TPSA) is 20.2 Å². The predicted molar refractivity (Wildman–Crippen MR) is 46.3 cm³/mol. The quantitative estimate of drug-likeness (QED) is 0.766. The molecule has 3 heteroatoms. The third-order valence-electron chi connectivity index (χ3n) is 1.91. The number of aliphatic hydroxyl groups excluding tert-OH is 1. The van der Waals surface area contributed by atoms with Crippen molar-refractivity contribution in [3.05, 3.63) is 35.4 Å². The van der Waals surface area contributed by atoms with Gasteiger partial charge in [-0.2, -0.15) is 0 Å². The van der Waals surface area contributed by atoms with E-state index in [4.69, 9.17) is 5.11 Å². The Kier molecular flexibility index (Phi) is 3.37. The average Bonchev–Trinajstić information content (AvgIpc) is 2.13. The van der Waals surface area contributed by atoms with Crippen molar-refractivity contribution in [3.63, 3.8) is 0 Å². The van der Waals surface area contributed by atoms with Crippen molar-refractivity contribution in [2.45, 2.75) is 13.3 Å². The number of rotatable bonds is 3. The van der Waals surface area contributed by atoms with Crippen LogP contribution in [-0.4, -0.2) is 11.7 Å². The molecule has 0 spiro atoms. The van der Waals surface area contributed by atoms with Crippen LogP contribution in [0, 0.1) is 17.6 Å². The van der Waals surface area contributed by atoms with Gasteiger partial charge in [0.05, 0.1) is 0 Å². The zero-order valence-electron chi connectivity index (χ0n) is 7.43. The summed E-state index contributed by atoms with van der Waals surface area (Å²) in [6, 6.07) is 4.09. The first-order valence-corrected chi connectivity index (χ1v) is 4.19. The molecule has 1 aromatic rings. The average molecular weight is 186 g/mol. The minimum atomic E-state index is -0.831. The lowest BCUT2D eigenvalue weighted by Gasteiger charge is -2.08. The minimum Gasteiger partial charge on any atom is -0.396 e. The van der Waals surface area contributed by atoms with E-state index in [2.05, 4.69) is 0 Å². The van der Waals surface area contributed by atoms with E-state index in [1.807, 2.05) is 0 Å². The van der Waals surface area contributed by atoms with Gasteiger partial charge in [-0.1, -0.05) is 19.1 Å². The SMILES string of the molecule is CC(CO)Cc1cccc(F)c1F. The standard InChI is InChI=1S/C10H12F2O/c1-7(6-13)5-8-3-2-4-9(11)10(8)12/h2-4,7,13H,5-6H2,1H3. The molecular weight excluding hydrogens is 174 g/mol. The molecule has 0 aliphatic rings. The summed E-state index contributed by atoms with van der Waals surface area (Å²) in [5.74, 6) is -1.68. The van der Waals surface area contributed by atoms with Crippen LogP contribution < -0.4 is 0 Å². The third-order valence-corrected chi connectivity index (χ3v) is 1.91. The summed E-state index contributed by atoms with van der Waals surface area (Å²) in [5.41, 5.74) is 0.321. The van der Waals surface area contributed by atoms with E-state index in [1.54, 1.807) is 6.92 Å². The van der Waals surface area contributed by atoms with Crippen molar-refractivity contribution in [1.29, 1.82) is 0 Å². The van der Waals surface area contributed by atoms with Crippen LogP contribution in [0.25, 0.3) is 0 Å². The van der Waals surface area contributed by atoms with Crippen molar-refractivity contribution in [3.8, 4) is 0 Å². The van der Waals surface area contributed by atoms with E-state index in [-0.39, 0.29) is 12.5 Å². The van der Waals surface area contributed by atoms with Gasteiger partial charge in [0.25, 0.3) is 0 Å². The second-order valence-corrected chi connectivity index (χ2v) is 3.20. The van der Waals surface area contributed by atoms with E-state index in [9.17, 15) is 8.78 Å². The fourth-order valence-corrected chi connectivity index (χ4v) is 1.15. The zero-order valence-corrected chi connectivity index (χ0v) is 7.43. The second kappa shape index (κ2) is 4.33. The monoisotopic (exact) mass is 186 g/mol. The Morgan fingerprint density at radius 1 is 1.38 bits per heavy atom. The zero-order chi connectivity index (χ0) is 9.84. The molecule has 1 unspecified atom stereocenters. The highest BCUT2D eigenvalue weighted by atomic mass is 19.2. The van der Waals surface area contributed by atoms with Crippen LogP contribution in [-0.2, 0) is 6.42 Å². The lowest BCUT2D eigenvalue weighted by Crippen LogP contribution is -2.06. The van der Waals surface area contributed by atoms with Crippen LogP contribution in [0.5, 0.6) is 0 Å². The van der Waals surface area contributed by atoms with Gasteiger partial charge < -0.3 is 5.11 Å². The van der Waals surface area contributed by atoms with Crippen molar-refractivity contribution in [1.82, 2.24) is 0 Å². The van der Waals surface area contributed by atoms with Crippen molar-refractivity contribution < 1.29 is 13.9 Å². The first-order chi connectivity index (χ1) is 6.15. The Labute approximate surface area is 76.0 Å². The molecule has 0 fully saturated rings. The van der Waals surface area contributed by atoms with E-state index in [0.29, 0.717) is 12.0 Å². The Balaban J connectivity index is 2.83. The summed E-state index contributed by atoms with van der Waals surface area (Å²) in [6.07, 6.45) is 0.361. The molecule has 0 radical (unpaired) electrons. The molecule has 1 nitrogen and oxygen atoms in total. The van der Waals surface area contributed by atoms with Gasteiger partial charge in [-0.15, -0.1) is 0 Å². The summed E-state index contributed by atoms with van der Waals surface area (Å²) in [7, 11) is 0. The van der Waals surface area contributed by atoms with Gasteiger partial charge in [0.15, 0.2) is 11.6 Å². The van der Waals surface area contributed by atoms with Crippen molar-refractivity contribution >= 4 is 0 Å². The molecule has 72 valence electrons. The van der Waals surface area contributed by atoms with Crippen molar-refractivity contribution in [2.75, 3.05) is 6.61 Å². The highest BCUT2D eigenvalue weighted by molar-refractivity contribution is 5.19. The van der Waals surface area contributed by atoms with Gasteiger partial charge in [0, 0.05) is 6.61 Å². The summed E-state index contributed by atoms with van der Waals surface area (Å²) < 4.78 is 25.7. The third kappa shape index (κ3) is 2.49. The minimum absolute atomic E-state index is 0.0179. The largest absolute Gasteiger partial charge is 0.396 e. The summed E-state index contributed by atoms with van der Waals surface area (Å²) in [6.45, 7) is 1.76. The highest BCUT2D eigenvalue weighted by Crippen LogP contribution is 2.15. The number of benzene rings is 1. The molecule has 0 aliphatic heterocycles. The maximum absolute atomic E-state index is 13.0. The van der Waals surface area contributed by atoms with Gasteiger partial charge in [-0.05, 0) is 24.0 Å². The van der Waals surface area contributed by atoms with Crippen LogP contribution in [0.2, 0.25) is 0 Å².